The molecule has 0 unspecified atom stereocenters. The molecule has 0 bridgehead atoms. The Bertz CT molecular complexity index is 961. The summed E-state index contributed by atoms with van der Waals surface area (Å²) < 4.78 is 5.14. The first-order chi connectivity index (χ1) is 14.0. The summed E-state index contributed by atoms with van der Waals surface area (Å²) in [7, 11) is 1.62. The Balaban J connectivity index is 1.75. The van der Waals surface area contributed by atoms with Crippen molar-refractivity contribution < 1.29 is 9.53 Å². The van der Waals surface area contributed by atoms with Gasteiger partial charge < -0.3 is 4.74 Å². The summed E-state index contributed by atoms with van der Waals surface area (Å²) in [6, 6.07) is 12.8. The Hall–Kier alpha value is -2.28. The summed E-state index contributed by atoms with van der Waals surface area (Å²) in [4.78, 5) is 14.4. The van der Waals surface area contributed by atoms with E-state index in [1.807, 2.05) is 30.3 Å². The molecule has 0 N–H and O–H groups in total. The quantitative estimate of drug-likeness (QED) is 0.338. The lowest BCUT2D eigenvalue weighted by Gasteiger charge is -2.13. The van der Waals surface area contributed by atoms with Crippen LogP contribution in [-0.2, 0) is 11.2 Å². The highest BCUT2D eigenvalue weighted by Gasteiger charge is 2.37. The molecule has 1 atom stereocenters. The van der Waals surface area contributed by atoms with Crippen molar-refractivity contribution in [2.24, 2.45) is 10.2 Å². The zero-order valence-electron chi connectivity index (χ0n) is 15.7. The highest BCUT2D eigenvalue weighted by molar-refractivity contribution is 8.15. The minimum atomic E-state index is -0.304. The summed E-state index contributed by atoms with van der Waals surface area (Å²) in [5.74, 6) is 0.743. The molecule has 8 heteroatoms. The van der Waals surface area contributed by atoms with Gasteiger partial charge in [-0.1, -0.05) is 47.1 Å². The fourth-order valence-corrected chi connectivity index (χ4v) is 4.19. The number of nitrogens with zero attached hydrogens (tertiary/aromatic N) is 3. The molecule has 0 aliphatic carbocycles. The molecule has 0 spiro atoms. The van der Waals surface area contributed by atoms with Gasteiger partial charge in [0.25, 0.3) is 0 Å². The normalized spacial score (nSPS) is 18.0. The van der Waals surface area contributed by atoms with Crippen LogP contribution in [0.3, 0.4) is 0 Å². The smallest absolute Gasteiger partial charge is 0.242 e. The minimum absolute atomic E-state index is 0.0284. The maximum Gasteiger partial charge on any atom is 0.242 e. The van der Waals surface area contributed by atoms with Gasteiger partial charge in [-0.25, -0.2) is 0 Å². The Kier molecular flexibility index (Phi) is 7.36. The number of rotatable bonds is 7. The molecule has 1 amide bonds. The van der Waals surface area contributed by atoms with Crippen LogP contribution in [0.4, 0.5) is 0 Å². The predicted octanol–water partition coefficient (Wildman–Crippen LogP) is 5.06. The highest BCUT2D eigenvalue weighted by atomic mass is 35.5. The molecular weight excluding hydrogens is 429 g/mol. The summed E-state index contributed by atoms with van der Waals surface area (Å²) in [6.07, 6.45) is 3.83. The number of hydrogen-bond donors (Lipinski definition) is 0. The number of halogens is 2. The molecule has 0 saturated carbocycles. The van der Waals surface area contributed by atoms with Crippen LogP contribution >= 0.6 is 35.0 Å². The third kappa shape index (κ3) is 5.41. The summed E-state index contributed by atoms with van der Waals surface area (Å²) in [5, 5.41) is 9.62. The van der Waals surface area contributed by atoms with Gasteiger partial charge in [-0.15, -0.1) is 11.7 Å². The summed E-state index contributed by atoms with van der Waals surface area (Å²) in [6.45, 7) is 4.10. The highest BCUT2D eigenvalue weighted by Crippen LogP contribution is 2.31. The molecule has 2 aromatic rings. The standard InChI is InChI=1S/C21H19Cl2N3O2S/c1-3-10-26-20(27)19(12-15-6-9-17(22)18(23)11-15)29-21(26)25-24-13-14-4-7-16(28-2)8-5-14/h3-9,11,13,19H,1,10,12H2,2H3/b24-13-,25-21+/t19-/m0/s1. The topological polar surface area (TPSA) is 54.3 Å². The molecule has 3 rings (SSSR count). The number of amidine groups is 1. The van der Waals surface area contributed by atoms with Crippen molar-refractivity contribution in [3.8, 4) is 5.75 Å². The van der Waals surface area contributed by atoms with Crippen molar-refractivity contribution in [1.29, 1.82) is 0 Å². The van der Waals surface area contributed by atoms with Crippen molar-refractivity contribution in [2.75, 3.05) is 13.7 Å². The molecule has 5 nitrogen and oxygen atoms in total. The lowest BCUT2D eigenvalue weighted by Crippen LogP contribution is -2.32. The van der Waals surface area contributed by atoms with Gasteiger partial charge in [-0.05, 0) is 53.9 Å². The van der Waals surface area contributed by atoms with Crippen LogP contribution in [0.2, 0.25) is 10.0 Å². The first-order valence-electron chi connectivity index (χ1n) is 8.79. The monoisotopic (exact) mass is 447 g/mol. The molecule has 0 aromatic heterocycles. The van der Waals surface area contributed by atoms with Gasteiger partial charge in [-0.3, -0.25) is 9.69 Å². The second-order valence-corrected chi connectivity index (χ2v) is 8.18. The number of carbonyl (C=O) groups is 1. The second kappa shape index (κ2) is 9.96. The van der Waals surface area contributed by atoms with Crippen LogP contribution in [0.5, 0.6) is 5.75 Å². The minimum Gasteiger partial charge on any atom is -0.497 e. The van der Waals surface area contributed by atoms with E-state index in [2.05, 4.69) is 16.8 Å². The molecule has 150 valence electrons. The molecular formula is C21H19Cl2N3O2S. The third-order valence-electron chi connectivity index (χ3n) is 4.20. The van der Waals surface area contributed by atoms with E-state index in [4.69, 9.17) is 27.9 Å². The summed E-state index contributed by atoms with van der Waals surface area (Å²) >= 11 is 13.4. The number of methoxy groups -OCH3 is 1. The SMILES string of the molecule is C=CCN1C(=O)[C@H](Cc2ccc(Cl)c(Cl)c2)S/C1=N/N=C\c1ccc(OC)cc1. The Morgan fingerprint density at radius 1 is 1.21 bits per heavy atom. The Labute approximate surface area is 184 Å². The number of benzene rings is 2. The van der Waals surface area contributed by atoms with Crippen LogP contribution in [0, 0.1) is 0 Å². The number of ether oxygens (including phenoxy) is 1. The summed E-state index contributed by atoms with van der Waals surface area (Å²) in [5.41, 5.74) is 1.82. The molecule has 1 heterocycles. The number of hydrogen-bond acceptors (Lipinski definition) is 5. The van der Waals surface area contributed by atoms with Gasteiger partial charge >= 0.3 is 0 Å². The van der Waals surface area contributed by atoms with E-state index in [1.54, 1.807) is 36.4 Å². The van der Waals surface area contributed by atoms with Crippen LogP contribution in [0.25, 0.3) is 0 Å². The zero-order chi connectivity index (χ0) is 20.8. The van der Waals surface area contributed by atoms with Gasteiger partial charge in [0.05, 0.1) is 28.6 Å². The maximum atomic E-state index is 12.8. The average molecular weight is 448 g/mol. The first kappa shape index (κ1) is 21.4. The fraction of sp³-hybridized carbons (Fsp3) is 0.190. The molecule has 29 heavy (non-hydrogen) atoms. The largest absolute Gasteiger partial charge is 0.497 e. The molecule has 1 saturated heterocycles. The van der Waals surface area contributed by atoms with E-state index in [0.717, 1.165) is 16.9 Å². The number of amides is 1. The third-order valence-corrected chi connectivity index (χ3v) is 6.11. The van der Waals surface area contributed by atoms with E-state index in [0.29, 0.717) is 28.2 Å². The van der Waals surface area contributed by atoms with Crippen molar-refractivity contribution >= 4 is 52.3 Å². The van der Waals surface area contributed by atoms with Gasteiger partial charge in [0.15, 0.2) is 5.17 Å². The number of carbonyl (C=O) groups excluding carboxylic acids is 1. The fourth-order valence-electron chi connectivity index (χ4n) is 2.73. The lowest BCUT2D eigenvalue weighted by molar-refractivity contribution is -0.125. The van der Waals surface area contributed by atoms with Gasteiger partial charge in [0, 0.05) is 6.54 Å². The van der Waals surface area contributed by atoms with E-state index in [9.17, 15) is 4.79 Å². The van der Waals surface area contributed by atoms with Gasteiger partial charge in [0.1, 0.15) is 5.75 Å². The van der Waals surface area contributed by atoms with E-state index in [-0.39, 0.29) is 11.2 Å². The average Bonchev–Trinajstić information content (AvgIpc) is 3.01. The van der Waals surface area contributed by atoms with Crippen molar-refractivity contribution in [1.82, 2.24) is 4.90 Å². The molecule has 1 aliphatic heterocycles. The van der Waals surface area contributed by atoms with Crippen molar-refractivity contribution in [3.05, 3.63) is 76.3 Å². The zero-order valence-corrected chi connectivity index (χ0v) is 18.0. The predicted molar refractivity (Wildman–Crippen MR) is 121 cm³/mol. The Morgan fingerprint density at radius 3 is 2.62 bits per heavy atom. The lowest BCUT2D eigenvalue weighted by atomic mass is 10.1. The maximum absolute atomic E-state index is 12.8. The van der Waals surface area contributed by atoms with E-state index in [1.165, 1.54) is 11.8 Å². The van der Waals surface area contributed by atoms with Crippen LogP contribution in [0.1, 0.15) is 11.1 Å². The molecule has 0 radical (unpaired) electrons. The Morgan fingerprint density at radius 2 is 1.97 bits per heavy atom. The number of thioether (sulfide) groups is 1. The van der Waals surface area contributed by atoms with Crippen LogP contribution < -0.4 is 4.74 Å². The molecule has 1 fully saturated rings. The van der Waals surface area contributed by atoms with Gasteiger partial charge in [-0.2, -0.15) is 5.10 Å². The molecule has 1 aliphatic rings. The first-order valence-corrected chi connectivity index (χ1v) is 10.4. The second-order valence-electron chi connectivity index (χ2n) is 6.20. The van der Waals surface area contributed by atoms with Gasteiger partial charge in [0.2, 0.25) is 5.91 Å². The van der Waals surface area contributed by atoms with E-state index < -0.39 is 0 Å². The van der Waals surface area contributed by atoms with Crippen molar-refractivity contribution in [3.63, 3.8) is 0 Å². The van der Waals surface area contributed by atoms with Crippen molar-refractivity contribution in [2.45, 2.75) is 11.7 Å². The van der Waals surface area contributed by atoms with Crippen LogP contribution in [-0.4, -0.2) is 41.1 Å². The van der Waals surface area contributed by atoms with Crippen LogP contribution in [0.15, 0.2) is 65.3 Å². The van der Waals surface area contributed by atoms with E-state index >= 15 is 0 Å². The molecule has 2 aromatic carbocycles.